The summed E-state index contributed by atoms with van der Waals surface area (Å²) in [6.07, 6.45) is 0. The molecule has 0 aromatic heterocycles. The van der Waals surface area contributed by atoms with Crippen molar-refractivity contribution in [3.8, 4) is 0 Å². The van der Waals surface area contributed by atoms with Crippen LogP contribution in [0.4, 0.5) is 14.9 Å². The van der Waals surface area contributed by atoms with Crippen molar-refractivity contribution in [1.82, 2.24) is 5.32 Å². The van der Waals surface area contributed by atoms with Crippen molar-refractivity contribution >= 4 is 23.3 Å². The number of carbonyl (C=O) groups is 1. The lowest BCUT2D eigenvalue weighted by molar-refractivity contribution is 0.173. The highest BCUT2D eigenvalue weighted by Crippen LogP contribution is 2.18. The van der Waals surface area contributed by atoms with Gasteiger partial charge in [-0.2, -0.15) is 0 Å². The van der Waals surface area contributed by atoms with E-state index in [2.05, 4.69) is 10.6 Å². The topological polar surface area (TPSA) is 50.4 Å². The minimum Gasteiger partial charge on any atom is -0.383 e. The van der Waals surface area contributed by atoms with Gasteiger partial charge in [0.2, 0.25) is 0 Å². The van der Waals surface area contributed by atoms with Gasteiger partial charge < -0.3 is 15.4 Å². The molecule has 6 heteroatoms. The van der Waals surface area contributed by atoms with Gasteiger partial charge >= 0.3 is 6.03 Å². The van der Waals surface area contributed by atoms with Gasteiger partial charge in [0.25, 0.3) is 0 Å². The van der Waals surface area contributed by atoms with E-state index in [0.717, 1.165) is 6.07 Å². The van der Waals surface area contributed by atoms with Crippen LogP contribution in [0.2, 0.25) is 5.02 Å². The number of carbonyl (C=O) groups excluding carboxylic acids is 1. The smallest absolute Gasteiger partial charge is 0.319 e. The van der Waals surface area contributed by atoms with Crippen LogP contribution in [0.3, 0.4) is 0 Å². The van der Waals surface area contributed by atoms with Crippen LogP contribution >= 0.6 is 11.6 Å². The summed E-state index contributed by atoms with van der Waals surface area (Å²) in [7, 11) is 1.55. The first-order valence-electron chi connectivity index (χ1n) is 5.04. The highest BCUT2D eigenvalue weighted by atomic mass is 35.5. The van der Waals surface area contributed by atoms with E-state index in [1.807, 2.05) is 0 Å². The first-order chi connectivity index (χ1) is 8.02. The van der Waals surface area contributed by atoms with Crippen LogP contribution in [0.1, 0.15) is 6.92 Å². The Morgan fingerprint density at radius 2 is 2.29 bits per heavy atom. The number of urea groups is 1. The predicted molar refractivity (Wildman–Crippen MR) is 64.9 cm³/mol. The van der Waals surface area contributed by atoms with E-state index in [0.29, 0.717) is 12.3 Å². The first kappa shape index (κ1) is 13.7. The van der Waals surface area contributed by atoms with Crippen molar-refractivity contribution in [2.75, 3.05) is 19.0 Å². The number of ether oxygens (including phenoxy) is 1. The summed E-state index contributed by atoms with van der Waals surface area (Å²) in [5.74, 6) is -0.575. The fourth-order valence-electron chi connectivity index (χ4n) is 1.26. The Morgan fingerprint density at radius 1 is 1.59 bits per heavy atom. The number of methoxy groups -OCH3 is 1. The Kier molecular flexibility index (Phi) is 5.18. The van der Waals surface area contributed by atoms with Crippen LogP contribution in [-0.2, 0) is 4.74 Å². The van der Waals surface area contributed by atoms with E-state index in [4.69, 9.17) is 16.3 Å². The van der Waals surface area contributed by atoms with Crippen LogP contribution < -0.4 is 10.6 Å². The Hall–Kier alpha value is -1.33. The molecule has 0 aliphatic carbocycles. The molecule has 1 rings (SSSR count). The van der Waals surface area contributed by atoms with E-state index < -0.39 is 11.8 Å². The maximum Gasteiger partial charge on any atom is 0.319 e. The largest absolute Gasteiger partial charge is 0.383 e. The molecule has 1 atom stereocenters. The fourth-order valence-corrected chi connectivity index (χ4v) is 1.37. The summed E-state index contributed by atoms with van der Waals surface area (Å²) in [6, 6.07) is 3.51. The monoisotopic (exact) mass is 260 g/mol. The van der Waals surface area contributed by atoms with Gasteiger partial charge in [0.15, 0.2) is 0 Å². The summed E-state index contributed by atoms with van der Waals surface area (Å²) in [4.78, 5) is 11.5. The van der Waals surface area contributed by atoms with Crippen molar-refractivity contribution < 1.29 is 13.9 Å². The highest BCUT2D eigenvalue weighted by molar-refractivity contribution is 6.30. The molecular formula is C11H14ClFN2O2. The van der Waals surface area contributed by atoms with Crippen molar-refractivity contribution in [1.29, 1.82) is 0 Å². The van der Waals surface area contributed by atoms with Crippen molar-refractivity contribution in [2.24, 2.45) is 0 Å². The van der Waals surface area contributed by atoms with Crippen molar-refractivity contribution in [2.45, 2.75) is 13.0 Å². The molecular weight excluding hydrogens is 247 g/mol. The maximum absolute atomic E-state index is 13.1. The van der Waals surface area contributed by atoms with Gasteiger partial charge in [0, 0.05) is 12.8 Å². The van der Waals surface area contributed by atoms with Crippen LogP contribution in [0.15, 0.2) is 18.2 Å². The maximum atomic E-state index is 13.1. The minimum atomic E-state index is -0.575. The normalized spacial score (nSPS) is 12.0. The summed E-state index contributed by atoms with van der Waals surface area (Å²) in [5.41, 5.74) is 0.342. The molecule has 2 N–H and O–H groups in total. The van der Waals surface area contributed by atoms with Gasteiger partial charge in [-0.1, -0.05) is 11.6 Å². The molecule has 1 aromatic carbocycles. The van der Waals surface area contributed by atoms with E-state index in [9.17, 15) is 9.18 Å². The van der Waals surface area contributed by atoms with Crippen molar-refractivity contribution in [3.63, 3.8) is 0 Å². The van der Waals surface area contributed by atoms with Crippen LogP contribution in [0, 0.1) is 5.82 Å². The zero-order valence-electron chi connectivity index (χ0n) is 9.59. The molecule has 0 aliphatic heterocycles. The zero-order valence-corrected chi connectivity index (χ0v) is 10.3. The number of benzene rings is 1. The molecule has 17 heavy (non-hydrogen) atoms. The third kappa shape index (κ3) is 4.58. The lowest BCUT2D eigenvalue weighted by Crippen LogP contribution is -2.38. The summed E-state index contributed by atoms with van der Waals surface area (Å²) in [5, 5.41) is 5.15. The van der Waals surface area contributed by atoms with Crippen molar-refractivity contribution in [3.05, 3.63) is 29.0 Å². The number of hydrogen-bond donors (Lipinski definition) is 2. The Morgan fingerprint density at radius 3 is 2.88 bits per heavy atom. The molecule has 0 aliphatic rings. The average molecular weight is 261 g/mol. The number of halogens is 2. The second kappa shape index (κ2) is 6.42. The molecule has 1 aromatic rings. The van der Waals surface area contributed by atoms with Gasteiger partial charge in [0.05, 0.1) is 17.7 Å². The molecule has 0 saturated heterocycles. The average Bonchev–Trinajstić information content (AvgIpc) is 2.23. The van der Waals surface area contributed by atoms with Gasteiger partial charge in [-0.25, -0.2) is 9.18 Å². The molecule has 0 unspecified atom stereocenters. The first-order valence-corrected chi connectivity index (χ1v) is 5.42. The van der Waals surface area contributed by atoms with Gasteiger partial charge in [-0.05, 0) is 25.1 Å². The molecule has 0 radical (unpaired) electrons. The quantitative estimate of drug-likeness (QED) is 0.874. The number of hydrogen-bond acceptors (Lipinski definition) is 2. The molecule has 0 fully saturated rings. The Bertz CT molecular complexity index is 401. The molecule has 0 bridgehead atoms. The summed E-state index contributed by atoms with van der Waals surface area (Å²) >= 11 is 5.52. The minimum absolute atomic E-state index is 0.0173. The lowest BCUT2D eigenvalue weighted by atomic mass is 10.3. The number of anilines is 1. The van der Waals surface area contributed by atoms with Gasteiger partial charge in [-0.3, -0.25) is 0 Å². The predicted octanol–water partition coefficient (Wildman–Crippen LogP) is 2.64. The van der Waals surface area contributed by atoms with Gasteiger partial charge in [-0.15, -0.1) is 0 Å². The SMILES string of the molecule is COC[C@H](C)NC(=O)Nc1ccc(Cl)c(F)c1. The number of nitrogens with one attached hydrogen (secondary N) is 2. The molecule has 2 amide bonds. The van der Waals surface area contributed by atoms with Crippen LogP contribution in [0.25, 0.3) is 0 Å². The second-order valence-corrected chi connectivity index (χ2v) is 3.99. The van der Waals surface area contributed by atoms with Gasteiger partial charge in [0.1, 0.15) is 5.82 Å². The molecule has 94 valence electrons. The Labute approximate surface area is 104 Å². The van der Waals surface area contributed by atoms with E-state index in [1.54, 1.807) is 14.0 Å². The highest BCUT2D eigenvalue weighted by Gasteiger charge is 2.08. The molecule has 0 heterocycles. The van der Waals surface area contributed by atoms with E-state index in [1.165, 1.54) is 12.1 Å². The summed E-state index contributed by atoms with van der Waals surface area (Å²) < 4.78 is 18.0. The zero-order chi connectivity index (χ0) is 12.8. The Balaban J connectivity index is 2.53. The van der Waals surface area contributed by atoms with E-state index in [-0.39, 0.29) is 11.1 Å². The standard InChI is InChI=1S/C11H14ClFN2O2/c1-7(6-17-2)14-11(16)15-8-3-4-9(12)10(13)5-8/h3-5,7H,6H2,1-2H3,(H2,14,15,16)/t7-/m0/s1. The fraction of sp³-hybridized carbons (Fsp3) is 0.364. The third-order valence-corrected chi connectivity index (χ3v) is 2.28. The summed E-state index contributed by atoms with van der Waals surface area (Å²) in [6.45, 7) is 2.20. The lowest BCUT2D eigenvalue weighted by Gasteiger charge is -2.13. The van der Waals surface area contributed by atoms with Crippen LogP contribution in [0.5, 0.6) is 0 Å². The van der Waals surface area contributed by atoms with E-state index >= 15 is 0 Å². The number of rotatable bonds is 4. The number of amides is 2. The molecule has 0 saturated carbocycles. The molecule has 4 nitrogen and oxygen atoms in total. The third-order valence-electron chi connectivity index (χ3n) is 1.97. The second-order valence-electron chi connectivity index (χ2n) is 3.58. The molecule has 0 spiro atoms. The van der Waals surface area contributed by atoms with Crippen LogP contribution in [-0.4, -0.2) is 25.8 Å².